The highest BCUT2D eigenvalue weighted by Crippen LogP contribution is 2.55. The Balaban J connectivity index is 0.853. The SMILES string of the molecule is O=P1(c2cn(C[C@H]3O[C@@H]4O[C@H]5[C@H](O)[C@@H](O)[C@@H](O[C@H]6[C@H](O)[C@@H](O)[C@@H](O[C@H]7[C@H](O)[C@@H](O)[C@@H](O[C@H]8[C@H](O)[C@@H](O)[C@@H](O[C@H]9[C@H](O)[C@@H](O)[C@@H](O[C@H]%10[C@H](O)[C@@H](O)[C@@H](O[C@H]3[C@H](O)[C@H]4O)O[C@@H]%10CO)O[C@@H]9CO)O[C@@H]8CO)O[C@@H]7CO)O[C@@H]6CO)O[C@@H]5CO)nn2)c2ccsc2-c2sccc21. The average Bonchev–Trinajstić information content (AvgIpc) is 1.56. The third kappa shape index (κ3) is 12.6. The first-order valence-corrected chi connectivity index (χ1v) is 33.0. The number of nitrogens with zero attached hydrogens (tertiary/aromatic N) is 3. The molecule has 21 fully saturated rings. The van der Waals surface area contributed by atoms with Gasteiger partial charge in [0.15, 0.2) is 56.6 Å². The molecule has 0 aromatic carbocycles. The van der Waals surface area contributed by atoms with Crippen LogP contribution < -0.4 is 16.0 Å². The van der Waals surface area contributed by atoms with E-state index in [1.54, 1.807) is 22.9 Å². The number of thiophene rings is 2. The van der Waals surface area contributed by atoms with Crippen molar-refractivity contribution < 1.29 is 173 Å². The minimum Gasteiger partial charge on any atom is -0.394 e. The predicted octanol–water partition coefficient (Wildman–Crippen LogP) is -13.2. The van der Waals surface area contributed by atoms with Crippen LogP contribution >= 0.6 is 29.8 Å². The zero-order chi connectivity index (χ0) is 66.4. The summed E-state index contributed by atoms with van der Waals surface area (Å²) in [5.74, 6) is 0. The summed E-state index contributed by atoms with van der Waals surface area (Å²) in [5, 5.41) is 239. The third-order valence-corrected chi connectivity index (χ3v) is 23.2. The van der Waals surface area contributed by atoms with Gasteiger partial charge in [0.25, 0.3) is 0 Å². The van der Waals surface area contributed by atoms with Crippen LogP contribution in [0.2, 0.25) is 0 Å². The lowest BCUT2D eigenvalue weighted by Crippen LogP contribution is -2.68. The molecule has 21 saturated heterocycles. The van der Waals surface area contributed by atoms with Gasteiger partial charge < -0.3 is 173 Å². The topological polar surface area (TPSA) is 582 Å². The summed E-state index contributed by atoms with van der Waals surface area (Å²) in [7, 11) is -3.63. The molecule has 0 amide bonds. The van der Waals surface area contributed by atoms with E-state index in [0.717, 1.165) is 14.4 Å². The highest BCUT2D eigenvalue weighted by molar-refractivity contribution is 7.87. The Morgan fingerprint density at radius 1 is 0.344 bits per heavy atom. The van der Waals surface area contributed by atoms with Crippen molar-refractivity contribution in [3.05, 3.63) is 29.1 Å². The fourth-order valence-electron chi connectivity index (χ4n) is 12.9. The smallest absolute Gasteiger partial charge is 0.194 e. The van der Waals surface area contributed by atoms with Crippen molar-refractivity contribution in [1.82, 2.24) is 15.0 Å². The molecule has 14 bridgehead atoms. The lowest BCUT2D eigenvalue weighted by Gasteiger charge is -2.50. The van der Waals surface area contributed by atoms with Crippen molar-refractivity contribution in [3.63, 3.8) is 0 Å². The predicted molar refractivity (Wildman–Crippen MR) is 296 cm³/mol. The molecule has 35 atom stereocenters. The van der Waals surface area contributed by atoms with Crippen LogP contribution in [-0.4, -0.2) is 372 Å². The van der Waals surface area contributed by atoms with Gasteiger partial charge in [-0.2, -0.15) is 0 Å². The van der Waals surface area contributed by atoms with Gasteiger partial charge in [0.05, 0.1) is 62.1 Å². The summed E-state index contributed by atoms with van der Waals surface area (Å²) in [5.41, 5.74) is 0.0188. The second-order valence-corrected chi connectivity index (χ2v) is 28.1. The van der Waals surface area contributed by atoms with Gasteiger partial charge in [0.1, 0.15) is 171 Å². The standard InChI is InChI=1S/C52H74N3O35PS2/c56-7-14-38-25(64)32(71)48(79-14)87-40-16(9-58)81-50(34(73)27(40)66)89-42-18(11-60)83-52(36(75)29(42)68)90-43-19(12-61)82-51(35(74)28(43)67)88-41-17(10-59)80-49(33(72)26(41)65)86-39-15(8-57)78-47(31(70)24(39)63)84-37-13(77-46(85-38)30(69)23(37)62)5-55-6-22(53-54-55)91(76)20-1-3-92-44(20)45-21(91)2-4-93-45/h1-4,6,13-19,23-43,46-52,56-75H,5,7-12H2/t13-,14-,15-,16-,17-,18-,19-,23-,24-,25-,26-,27-,28-,29-,30-,31-,32-,33-,34-,35-,36-,37-,38-,39-,40-,41-,42-,43-,46-,47-,48-,49-,50-,51-,52-/m1/s1. The molecule has 3 aromatic heterocycles. The second-order valence-electron chi connectivity index (χ2n) is 23.6. The molecule has 524 valence electrons. The van der Waals surface area contributed by atoms with Crippen LogP contribution in [0.1, 0.15) is 0 Å². The fourth-order valence-corrected chi connectivity index (χ4v) is 18.7. The Labute approximate surface area is 532 Å². The van der Waals surface area contributed by atoms with Gasteiger partial charge in [-0.1, -0.05) is 5.21 Å². The number of hydrogen-bond acceptors (Lipinski definition) is 39. The lowest BCUT2D eigenvalue weighted by atomic mass is 9.95. The van der Waals surface area contributed by atoms with Crippen LogP contribution in [0.25, 0.3) is 9.75 Å². The molecule has 20 N–H and O–H groups in total. The zero-order valence-electron chi connectivity index (χ0n) is 48.2. The molecule has 38 nitrogen and oxygen atoms in total. The zero-order valence-corrected chi connectivity index (χ0v) is 50.7. The summed E-state index contributed by atoms with van der Waals surface area (Å²) in [6.07, 6.45) is -70.1. The van der Waals surface area contributed by atoms with E-state index < -0.39 is 268 Å². The van der Waals surface area contributed by atoms with Crippen LogP contribution in [-0.2, 0) is 77.4 Å². The quantitative estimate of drug-likeness (QED) is 0.0692. The maximum Gasteiger partial charge on any atom is 0.194 e. The van der Waals surface area contributed by atoms with Crippen molar-refractivity contribution in [2.75, 3.05) is 39.6 Å². The highest BCUT2D eigenvalue weighted by atomic mass is 32.1. The molecular formula is C52H74N3O35PS2. The van der Waals surface area contributed by atoms with E-state index in [2.05, 4.69) is 10.3 Å². The van der Waals surface area contributed by atoms with E-state index in [9.17, 15) is 102 Å². The van der Waals surface area contributed by atoms with Gasteiger partial charge in [-0.05, 0) is 22.9 Å². The molecular weight excluding hydrogens is 1320 g/mol. The average molecular weight is 1400 g/mol. The third-order valence-electron chi connectivity index (χ3n) is 18.0. The number of fused-ring (bicyclic) bond motifs is 3. The maximum atomic E-state index is 15.1. The maximum absolute atomic E-state index is 15.1. The number of aliphatic hydroxyl groups is 20. The van der Waals surface area contributed by atoms with Crippen molar-refractivity contribution >= 4 is 45.9 Å². The summed E-state index contributed by atoms with van der Waals surface area (Å²) < 4.78 is 98.2. The fraction of sp³-hybridized carbons (Fsp3) is 0.808. The van der Waals surface area contributed by atoms with E-state index in [-0.39, 0.29) is 5.44 Å². The van der Waals surface area contributed by atoms with Crippen molar-refractivity contribution in [1.29, 1.82) is 0 Å². The molecule has 25 rings (SSSR count). The number of hydrogen-bond donors (Lipinski definition) is 20. The Morgan fingerprint density at radius 2 is 0.570 bits per heavy atom. The largest absolute Gasteiger partial charge is 0.394 e. The first-order valence-electron chi connectivity index (χ1n) is 29.5. The van der Waals surface area contributed by atoms with Crippen molar-refractivity contribution in [3.8, 4) is 9.75 Å². The van der Waals surface area contributed by atoms with Gasteiger partial charge in [0.2, 0.25) is 0 Å². The number of rotatable bonds is 9. The Hall–Kier alpha value is -2.59. The molecule has 93 heavy (non-hydrogen) atoms. The van der Waals surface area contributed by atoms with Crippen LogP contribution in [0.5, 0.6) is 0 Å². The van der Waals surface area contributed by atoms with Gasteiger partial charge in [0, 0.05) is 10.6 Å². The Bertz CT molecular complexity index is 2950. The van der Waals surface area contributed by atoms with Gasteiger partial charge in [-0.25, -0.2) is 4.68 Å². The lowest BCUT2D eigenvalue weighted by molar-refractivity contribution is -0.396. The van der Waals surface area contributed by atoms with Gasteiger partial charge >= 0.3 is 0 Å². The first kappa shape index (κ1) is 70.3. The van der Waals surface area contributed by atoms with E-state index in [1.807, 2.05) is 0 Å². The van der Waals surface area contributed by atoms with Crippen molar-refractivity contribution in [2.24, 2.45) is 0 Å². The molecule has 0 radical (unpaired) electrons. The van der Waals surface area contributed by atoms with Gasteiger partial charge in [-0.15, -0.1) is 27.8 Å². The second kappa shape index (κ2) is 28.6. The van der Waals surface area contributed by atoms with E-state index >= 15 is 4.57 Å². The molecule has 22 aliphatic rings. The normalized spacial score (nSPS) is 48.8. The van der Waals surface area contributed by atoms with Crippen LogP contribution in [0.3, 0.4) is 0 Å². The minimum atomic E-state index is -3.63. The van der Waals surface area contributed by atoms with Crippen LogP contribution in [0.15, 0.2) is 29.1 Å². The van der Waals surface area contributed by atoms with Gasteiger partial charge in [-0.3, -0.25) is 0 Å². The molecule has 3 aromatic rings. The van der Waals surface area contributed by atoms with E-state index in [4.69, 9.17) is 66.3 Å². The van der Waals surface area contributed by atoms with E-state index in [0.29, 0.717) is 10.6 Å². The summed E-state index contributed by atoms with van der Waals surface area (Å²) in [6.45, 7) is -6.96. The number of aliphatic hydroxyl groups excluding tert-OH is 20. The molecule has 41 heteroatoms. The monoisotopic (exact) mass is 1400 g/mol. The number of ether oxygens (including phenoxy) is 14. The molecule has 0 saturated carbocycles. The molecule has 22 aliphatic heterocycles. The minimum absolute atomic E-state index is 0.0188. The molecule has 0 spiro atoms. The molecule has 0 aliphatic carbocycles. The van der Waals surface area contributed by atoms with E-state index in [1.165, 1.54) is 28.9 Å². The summed E-state index contributed by atoms with van der Waals surface area (Å²) in [6, 6.07) is 3.41. The Kier molecular flexibility index (Phi) is 21.6. The highest BCUT2D eigenvalue weighted by Gasteiger charge is 2.60. The first-order chi connectivity index (χ1) is 44.5. The Morgan fingerprint density at radius 3 is 0.806 bits per heavy atom. The summed E-state index contributed by atoms with van der Waals surface area (Å²) in [4.78, 5) is 1.54. The molecule has 25 heterocycles. The van der Waals surface area contributed by atoms with Crippen LogP contribution in [0, 0.1) is 0 Å². The molecule has 0 unspecified atom stereocenters. The van der Waals surface area contributed by atoms with Crippen molar-refractivity contribution in [2.45, 2.75) is 221 Å². The number of aromatic nitrogens is 3. The summed E-state index contributed by atoms with van der Waals surface area (Å²) >= 11 is 2.75. The van der Waals surface area contributed by atoms with Crippen LogP contribution in [0.4, 0.5) is 0 Å².